The number of carbonyl (C=O) groups is 2. The summed E-state index contributed by atoms with van der Waals surface area (Å²) < 4.78 is 10.8. The van der Waals surface area contributed by atoms with E-state index in [0.717, 1.165) is 18.4 Å². The monoisotopic (exact) mass is 501 g/mol. The lowest BCUT2D eigenvalue weighted by atomic mass is 10.1. The number of hydrogen-bond donors (Lipinski definition) is 2. The number of aromatic nitrogens is 1. The normalized spacial score (nSPS) is 14.4. The Morgan fingerprint density at radius 1 is 0.865 bits per heavy atom. The highest BCUT2D eigenvalue weighted by Crippen LogP contribution is 2.32. The number of rotatable bonds is 8. The number of urea groups is 1. The van der Waals surface area contributed by atoms with Crippen molar-refractivity contribution in [3.05, 3.63) is 83.6 Å². The lowest BCUT2D eigenvalue weighted by molar-refractivity contribution is 0.0950. The highest BCUT2D eigenvalue weighted by molar-refractivity contribution is 5.98. The smallest absolute Gasteiger partial charge is 0.317 e. The van der Waals surface area contributed by atoms with Crippen LogP contribution >= 0.6 is 0 Å². The van der Waals surface area contributed by atoms with Gasteiger partial charge in [0.05, 0.1) is 5.56 Å². The van der Waals surface area contributed by atoms with Gasteiger partial charge in [0, 0.05) is 45.5 Å². The van der Waals surface area contributed by atoms with Gasteiger partial charge in [-0.3, -0.25) is 4.79 Å². The number of benzene rings is 2. The minimum Gasteiger partial charge on any atom is -0.454 e. The van der Waals surface area contributed by atoms with E-state index in [0.29, 0.717) is 62.1 Å². The van der Waals surface area contributed by atoms with E-state index in [4.69, 9.17) is 9.47 Å². The molecule has 5 rings (SSSR count). The largest absolute Gasteiger partial charge is 0.454 e. The zero-order valence-corrected chi connectivity index (χ0v) is 20.7. The Morgan fingerprint density at radius 2 is 1.68 bits per heavy atom. The molecule has 192 valence electrons. The zero-order chi connectivity index (χ0) is 25.5. The third-order valence-electron chi connectivity index (χ3n) is 6.55. The summed E-state index contributed by atoms with van der Waals surface area (Å²) in [7, 11) is 0. The predicted octanol–water partition coefficient (Wildman–Crippen LogP) is 3.20. The van der Waals surface area contributed by atoms with Crippen LogP contribution in [0.5, 0.6) is 11.5 Å². The summed E-state index contributed by atoms with van der Waals surface area (Å²) in [6.45, 7) is 3.57. The van der Waals surface area contributed by atoms with Gasteiger partial charge in [0.2, 0.25) is 6.79 Å². The fraction of sp³-hybridized carbons (Fsp3) is 0.321. The lowest BCUT2D eigenvalue weighted by Gasteiger charge is -2.36. The SMILES string of the molecule is O=C(NCc1ccc2c(c1)OCO2)c1cccnc1N1CCN(C(=O)NCCCc2ccccc2)CC1. The number of piperazine rings is 1. The molecule has 0 spiro atoms. The molecule has 1 aromatic heterocycles. The highest BCUT2D eigenvalue weighted by atomic mass is 16.7. The van der Waals surface area contributed by atoms with Crippen molar-refractivity contribution in [2.24, 2.45) is 0 Å². The molecule has 3 heterocycles. The number of amides is 3. The van der Waals surface area contributed by atoms with Crippen molar-refractivity contribution in [3.8, 4) is 11.5 Å². The molecule has 3 amide bonds. The minimum absolute atomic E-state index is 0.0459. The van der Waals surface area contributed by atoms with Crippen LogP contribution in [0, 0.1) is 0 Å². The molecule has 9 nitrogen and oxygen atoms in total. The van der Waals surface area contributed by atoms with Crippen molar-refractivity contribution in [3.63, 3.8) is 0 Å². The molecular formula is C28H31N5O4. The van der Waals surface area contributed by atoms with Crippen LogP contribution in [0.4, 0.5) is 10.6 Å². The molecule has 9 heteroatoms. The molecule has 37 heavy (non-hydrogen) atoms. The van der Waals surface area contributed by atoms with Crippen molar-refractivity contribution in [1.29, 1.82) is 0 Å². The summed E-state index contributed by atoms with van der Waals surface area (Å²) in [5.74, 6) is 1.84. The number of aryl methyl sites for hydroxylation is 1. The Morgan fingerprint density at radius 3 is 2.51 bits per heavy atom. The number of carbonyl (C=O) groups excluding carboxylic acids is 2. The maximum absolute atomic E-state index is 13.0. The van der Waals surface area contributed by atoms with E-state index in [1.54, 1.807) is 18.3 Å². The Hall–Kier alpha value is -4.27. The molecule has 2 aliphatic heterocycles. The van der Waals surface area contributed by atoms with E-state index in [-0.39, 0.29) is 18.7 Å². The van der Waals surface area contributed by atoms with Gasteiger partial charge in [0.25, 0.3) is 5.91 Å². The maximum atomic E-state index is 13.0. The second kappa shape index (κ2) is 11.6. The average molecular weight is 502 g/mol. The molecule has 1 fully saturated rings. The summed E-state index contributed by atoms with van der Waals surface area (Å²) in [5, 5.41) is 6.00. The minimum atomic E-state index is -0.195. The Bertz CT molecular complexity index is 1230. The number of nitrogens with one attached hydrogen (secondary N) is 2. The number of anilines is 1. The third-order valence-corrected chi connectivity index (χ3v) is 6.55. The summed E-state index contributed by atoms with van der Waals surface area (Å²) in [5.41, 5.74) is 2.71. The average Bonchev–Trinajstić information content (AvgIpc) is 3.43. The summed E-state index contributed by atoms with van der Waals surface area (Å²) in [4.78, 5) is 34.0. The van der Waals surface area contributed by atoms with Crippen LogP contribution < -0.4 is 25.0 Å². The summed E-state index contributed by atoms with van der Waals surface area (Å²) in [6, 6.07) is 19.4. The second-order valence-electron chi connectivity index (χ2n) is 9.04. The van der Waals surface area contributed by atoms with Gasteiger partial charge in [-0.1, -0.05) is 36.4 Å². The first-order chi connectivity index (χ1) is 18.2. The van der Waals surface area contributed by atoms with Crippen LogP contribution in [0.15, 0.2) is 66.9 Å². The fourth-order valence-corrected chi connectivity index (χ4v) is 4.52. The van der Waals surface area contributed by atoms with Crippen LogP contribution in [0.1, 0.15) is 27.9 Å². The standard InChI is InChI=1S/C28H31N5O4/c34-27(31-19-22-10-11-24-25(18-22)37-20-36-24)23-9-5-12-29-26(23)32-14-16-33(17-15-32)28(35)30-13-4-8-21-6-2-1-3-7-21/h1-3,5-7,9-12,18H,4,8,13-17,19-20H2,(H,30,35)(H,31,34). The number of fused-ring (bicyclic) bond motifs is 1. The van der Waals surface area contributed by atoms with E-state index in [9.17, 15) is 9.59 Å². The maximum Gasteiger partial charge on any atom is 0.317 e. The zero-order valence-electron chi connectivity index (χ0n) is 20.7. The van der Waals surface area contributed by atoms with Gasteiger partial charge in [-0.15, -0.1) is 0 Å². The highest BCUT2D eigenvalue weighted by Gasteiger charge is 2.25. The number of ether oxygens (including phenoxy) is 2. The first-order valence-corrected chi connectivity index (χ1v) is 12.6. The van der Waals surface area contributed by atoms with Gasteiger partial charge in [-0.05, 0) is 48.2 Å². The summed E-state index contributed by atoms with van der Waals surface area (Å²) in [6.07, 6.45) is 3.53. The first-order valence-electron chi connectivity index (χ1n) is 12.6. The van der Waals surface area contributed by atoms with Crippen LogP contribution in [0.25, 0.3) is 0 Å². The number of nitrogens with zero attached hydrogens (tertiary/aromatic N) is 3. The van der Waals surface area contributed by atoms with Crippen LogP contribution in [0.3, 0.4) is 0 Å². The van der Waals surface area contributed by atoms with Gasteiger partial charge in [-0.25, -0.2) is 9.78 Å². The van der Waals surface area contributed by atoms with E-state index in [2.05, 4.69) is 32.7 Å². The summed E-state index contributed by atoms with van der Waals surface area (Å²) >= 11 is 0. The molecule has 0 aliphatic carbocycles. The van der Waals surface area contributed by atoms with E-state index in [1.807, 2.05) is 41.3 Å². The van der Waals surface area contributed by atoms with Crippen molar-refractivity contribution >= 4 is 17.8 Å². The molecule has 0 radical (unpaired) electrons. The van der Waals surface area contributed by atoms with Crippen molar-refractivity contribution in [2.75, 3.05) is 44.4 Å². The topological polar surface area (TPSA) is 96.0 Å². The third kappa shape index (κ3) is 6.11. The second-order valence-corrected chi connectivity index (χ2v) is 9.04. The Kier molecular flexibility index (Phi) is 7.69. The molecule has 2 aromatic carbocycles. The Labute approximate surface area is 216 Å². The van der Waals surface area contributed by atoms with Crippen LogP contribution in [0.2, 0.25) is 0 Å². The fourth-order valence-electron chi connectivity index (χ4n) is 4.52. The molecule has 0 unspecified atom stereocenters. The quantitative estimate of drug-likeness (QED) is 0.461. The van der Waals surface area contributed by atoms with Gasteiger partial charge < -0.3 is 29.9 Å². The van der Waals surface area contributed by atoms with Gasteiger partial charge in [-0.2, -0.15) is 0 Å². The predicted molar refractivity (Wildman–Crippen MR) is 140 cm³/mol. The molecule has 0 saturated carbocycles. The Balaban J connectivity index is 1.10. The lowest BCUT2D eigenvalue weighted by Crippen LogP contribution is -2.52. The van der Waals surface area contributed by atoms with E-state index < -0.39 is 0 Å². The number of pyridine rings is 1. The van der Waals surface area contributed by atoms with Crippen LogP contribution in [-0.4, -0.2) is 61.3 Å². The van der Waals surface area contributed by atoms with Crippen LogP contribution in [-0.2, 0) is 13.0 Å². The molecular weight excluding hydrogens is 470 g/mol. The van der Waals surface area contributed by atoms with Crippen molar-refractivity contribution in [1.82, 2.24) is 20.5 Å². The van der Waals surface area contributed by atoms with Gasteiger partial charge in [0.1, 0.15) is 5.82 Å². The molecule has 2 aliphatic rings. The first kappa shape index (κ1) is 24.4. The van der Waals surface area contributed by atoms with E-state index >= 15 is 0 Å². The molecule has 2 N–H and O–H groups in total. The van der Waals surface area contributed by atoms with Gasteiger partial charge in [0.15, 0.2) is 11.5 Å². The van der Waals surface area contributed by atoms with E-state index in [1.165, 1.54) is 5.56 Å². The van der Waals surface area contributed by atoms with Crippen molar-refractivity contribution in [2.45, 2.75) is 19.4 Å². The molecule has 1 saturated heterocycles. The molecule has 3 aromatic rings. The van der Waals surface area contributed by atoms with Crippen molar-refractivity contribution < 1.29 is 19.1 Å². The number of hydrogen-bond acceptors (Lipinski definition) is 6. The molecule has 0 bridgehead atoms. The molecule has 0 atom stereocenters. The van der Waals surface area contributed by atoms with Gasteiger partial charge >= 0.3 is 6.03 Å².